The van der Waals surface area contributed by atoms with Crippen LogP contribution in [0.15, 0.2) is 36.5 Å². The fraction of sp³-hybridized carbons (Fsp3) is 0.214. The Bertz CT molecular complexity index is 535. The fourth-order valence-electron chi connectivity index (χ4n) is 1.92. The zero-order valence-corrected chi connectivity index (χ0v) is 10.5. The second-order valence-electron chi connectivity index (χ2n) is 4.43. The summed E-state index contributed by atoms with van der Waals surface area (Å²) in [6.45, 7) is 1.89. The van der Waals surface area contributed by atoms with Gasteiger partial charge in [-0.3, -0.25) is 16.3 Å². The number of hydrogen-bond acceptors (Lipinski definition) is 3. The molecule has 2 rings (SSSR count). The second kappa shape index (κ2) is 5.86. The minimum absolute atomic E-state index is 0.241. The lowest BCUT2D eigenvalue weighted by Gasteiger charge is -2.16. The van der Waals surface area contributed by atoms with E-state index in [4.69, 9.17) is 5.84 Å². The molecule has 0 aliphatic heterocycles. The molecule has 1 aromatic carbocycles. The van der Waals surface area contributed by atoms with Gasteiger partial charge in [-0.1, -0.05) is 6.07 Å². The zero-order chi connectivity index (χ0) is 13.8. The Morgan fingerprint density at radius 1 is 1.21 bits per heavy atom. The Balaban J connectivity index is 2.21. The van der Waals surface area contributed by atoms with E-state index in [9.17, 15) is 8.78 Å². The summed E-state index contributed by atoms with van der Waals surface area (Å²) < 4.78 is 26.3. The summed E-state index contributed by atoms with van der Waals surface area (Å²) in [5.41, 5.74) is 4.96. The largest absolute Gasteiger partial charge is 0.271 e. The maximum Gasteiger partial charge on any atom is 0.126 e. The molecule has 1 heterocycles. The SMILES string of the molecule is Cc1ccc(C(Cc2cc(F)cc(F)c2)NN)cn1. The van der Waals surface area contributed by atoms with Gasteiger partial charge in [0, 0.05) is 18.0 Å². The Hall–Kier alpha value is -1.85. The summed E-state index contributed by atoms with van der Waals surface area (Å²) in [6, 6.07) is 6.97. The molecule has 1 atom stereocenters. The smallest absolute Gasteiger partial charge is 0.126 e. The summed E-state index contributed by atoms with van der Waals surface area (Å²) in [5, 5.41) is 0. The van der Waals surface area contributed by atoms with Crippen LogP contribution in [0.3, 0.4) is 0 Å². The maximum absolute atomic E-state index is 13.1. The molecule has 0 fully saturated rings. The molecule has 0 radical (unpaired) electrons. The lowest BCUT2D eigenvalue weighted by Crippen LogP contribution is -2.29. The van der Waals surface area contributed by atoms with Crippen LogP contribution in [0.2, 0.25) is 0 Å². The van der Waals surface area contributed by atoms with E-state index < -0.39 is 11.6 Å². The number of nitrogens with two attached hydrogens (primary N) is 1. The molecule has 0 amide bonds. The standard InChI is InChI=1S/C14H15F2N3/c1-9-2-3-11(8-18-9)14(19-17)6-10-4-12(15)7-13(16)5-10/h2-5,7-8,14,19H,6,17H2,1H3. The molecular formula is C14H15F2N3. The van der Waals surface area contributed by atoms with Gasteiger partial charge >= 0.3 is 0 Å². The van der Waals surface area contributed by atoms with E-state index in [1.54, 1.807) is 6.20 Å². The van der Waals surface area contributed by atoms with E-state index >= 15 is 0 Å². The van der Waals surface area contributed by atoms with Crippen molar-refractivity contribution in [3.05, 3.63) is 65.0 Å². The lowest BCUT2D eigenvalue weighted by molar-refractivity contribution is 0.539. The fourth-order valence-corrected chi connectivity index (χ4v) is 1.92. The number of rotatable bonds is 4. The molecule has 2 aromatic rings. The van der Waals surface area contributed by atoms with E-state index in [0.717, 1.165) is 17.3 Å². The van der Waals surface area contributed by atoms with Gasteiger partial charge in [0.05, 0.1) is 6.04 Å². The van der Waals surface area contributed by atoms with E-state index in [0.29, 0.717) is 12.0 Å². The molecule has 0 aliphatic rings. The number of nitrogens with zero attached hydrogens (tertiary/aromatic N) is 1. The maximum atomic E-state index is 13.1. The van der Waals surface area contributed by atoms with Crippen LogP contribution in [0.1, 0.15) is 22.9 Å². The van der Waals surface area contributed by atoms with E-state index in [1.165, 1.54) is 12.1 Å². The Morgan fingerprint density at radius 3 is 2.42 bits per heavy atom. The van der Waals surface area contributed by atoms with Crippen molar-refractivity contribution in [3.63, 3.8) is 0 Å². The molecule has 1 aromatic heterocycles. The third kappa shape index (κ3) is 3.56. The van der Waals surface area contributed by atoms with Crippen molar-refractivity contribution in [1.82, 2.24) is 10.4 Å². The van der Waals surface area contributed by atoms with Crippen LogP contribution >= 0.6 is 0 Å². The molecule has 5 heteroatoms. The molecule has 3 N–H and O–H groups in total. The molecule has 100 valence electrons. The van der Waals surface area contributed by atoms with Crippen LogP contribution < -0.4 is 11.3 Å². The van der Waals surface area contributed by atoms with Gasteiger partial charge in [-0.15, -0.1) is 0 Å². The van der Waals surface area contributed by atoms with Crippen molar-refractivity contribution < 1.29 is 8.78 Å². The number of aromatic nitrogens is 1. The Kier molecular flexibility index (Phi) is 4.19. The number of hydrazine groups is 1. The quantitative estimate of drug-likeness (QED) is 0.658. The molecular weight excluding hydrogens is 248 g/mol. The van der Waals surface area contributed by atoms with Gasteiger partial charge in [-0.2, -0.15) is 0 Å². The second-order valence-corrected chi connectivity index (χ2v) is 4.43. The van der Waals surface area contributed by atoms with Crippen molar-refractivity contribution in [2.45, 2.75) is 19.4 Å². The molecule has 19 heavy (non-hydrogen) atoms. The predicted molar refractivity (Wildman–Crippen MR) is 69.1 cm³/mol. The van der Waals surface area contributed by atoms with Gasteiger partial charge in [-0.25, -0.2) is 8.78 Å². The van der Waals surface area contributed by atoms with Crippen LogP contribution in [0.4, 0.5) is 8.78 Å². The third-order valence-electron chi connectivity index (χ3n) is 2.90. The molecule has 0 spiro atoms. The summed E-state index contributed by atoms with van der Waals surface area (Å²) in [7, 11) is 0. The third-order valence-corrected chi connectivity index (χ3v) is 2.90. The van der Waals surface area contributed by atoms with Gasteiger partial charge in [0.15, 0.2) is 0 Å². The normalized spacial score (nSPS) is 12.4. The minimum atomic E-state index is -0.590. The number of aryl methyl sites for hydroxylation is 1. The first-order valence-corrected chi connectivity index (χ1v) is 5.92. The summed E-state index contributed by atoms with van der Waals surface area (Å²) in [5.74, 6) is 4.32. The molecule has 0 bridgehead atoms. The number of hydrogen-bond donors (Lipinski definition) is 2. The molecule has 1 unspecified atom stereocenters. The number of pyridine rings is 1. The van der Waals surface area contributed by atoms with Gasteiger partial charge in [-0.05, 0) is 42.7 Å². The van der Waals surface area contributed by atoms with Crippen LogP contribution in [0.5, 0.6) is 0 Å². The van der Waals surface area contributed by atoms with Gasteiger partial charge in [0.2, 0.25) is 0 Å². The van der Waals surface area contributed by atoms with Crippen molar-refractivity contribution in [2.24, 2.45) is 5.84 Å². The van der Waals surface area contributed by atoms with Gasteiger partial charge < -0.3 is 0 Å². The monoisotopic (exact) mass is 263 g/mol. The number of nitrogens with one attached hydrogen (secondary N) is 1. The topological polar surface area (TPSA) is 50.9 Å². The van der Waals surface area contributed by atoms with E-state index in [2.05, 4.69) is 10.4 Å². The van der Waals surface area contributed by atoms with Crippen molar-refractivity contribution in [2.75, 3.05) is 0 Å². The molecule has 0 aliphatic carbocycles. The zero-order valence-electron chi connectivity index (χ0n) is 10.5. The van der Waals surface area contributed by atoms with E-state index in [-0.39, 0.29) is 6.04 Å². The predicted octanol–water partition coefficient (Wildman–Crippen LogP) is 2.42. The average molecular weight is 263 g/mol. The highest BCUT2D eigenvalue weighted by atomic mass is 19.1. The Labute approximate surface area is 110 Å². The van der Waals surface area contributed by atoms with Crippen molar-refractivity contribution >= 4 is 0 Å². The van der Waals surface area contributed by atoms with Crippen LogP contribution in [-0.2, 0) is 6.42 Å². The highest BCUT2D eigenvalue weighted by molar-refractivity contribution is 5.23. The number of halogens is 2. The highest BCUT2D eigenvalue weighted by Gasteiger charge is 2.12. The first-order chi connectivity index (χ1) is 9.08. The Morgan fingerprint density at radius 2 is 1.89 bits per heavy atom. The van der Waals surface area contributed by atoms with Crippen LogP contribution in [0.25, 0.3) is 0 Å². The summed E-state index contributed by atoms with van der Waals surface area (Å²) in [6.07, 6.45) is 2.09. The van der Waals surface area contributed by atoms with Crippen LogP contribution in [0, 0.1) is 18.6 Å². The van der Waals surface area contributed by atoms with Crippen molar-refractivity contribution in [3.8, 4) is 0 Å². The summed E-state index contributed by atoms with van der Waals surface area (Å²) >= 11 is 0. The molecule has 3 nitrogen and oxygen atoms in total. The van der Waals surface area contributed by atoms with Crippen LogP contribution in [-0.4, -0.2) is 4.98 Å². The lowest BCUT2D eigenvalue weighted by atomic mass is 10.0. The minimum Gasteiger partial charge on any atom is -0.271 e. The highest BCUT2D eigenvalue weighted by Crippen LogP contribution is 2.18. The molecule has 0 saturated carbocycles. The summed E-state index contributed by atoms with van der Waals surface area (Å²) in [4.78, 5) is 4.18. The first kappa shape index (κ1) is 13.6. The number of benzene rings is 1. The average Bonchev–Trinajstić information content (AvgIpc) is 2.36. The first-order valence-electron chi connectivity index (χ1n) is 5.92. The van der Waals surface area contributed by atoms with Crippen molar-refractivity contribution in [1.29, 1.82) is 0 Å². The van der Waals surface area contributed by atoms with Gasteiger partial charge in [0.1, 0.15) is 11.6 Å². The van der Waals surface area contributed by atoms with Gasteiger partial charge in [0.25, 0.3) is 0 Å². The molecule has 0 saturated heterocycles. The van der Waals surface area contributed by atoms with E-state index in [1.807, 2.05) is 19.1 Å².